The lowest BCUT2D eigenvalue weighted by molar-refractivity contribution is 0.0844. The van der Waals surface area contributed by atoms with Crippen molar-refractivity contribution in [3.05, 3.63) is 75.7 Å². The number of carbonyl (C=O) groups excluding carboxylic acids is 2. The number of hydrogen-bond donors (Lipinski definition) is 3. The van der Waals surface area contributed by atoms with Crippen LogP contribution >= 0.6 is 0 Å². The molecule has 122 valence electrons. The molecule has 2 aromatic carbocycles. The molecule has 0 aliphatic carbocycles. The number of hydrazine groups is 1. The monoisotopic (exact) mass is 333 g/mol. The molecule has 0 aliphatic rings. The van der Waals surface area contributed by atoms with Crippen molar-refractivity contribution in [2.45, 2.75) is 0 Å². The summed E-state index contributed by atoms with van der Waals surface area (Å²) >= 11 is 0. The zero-order chi connectivity index (χ0) is 17.8. The van der Waals surface area contributed by atoms with Gasteiger partial charge in [0.25, 0.3) is 17.4 Å². The quantitative estimate of drug-likeness (QED) is 0.600. The third-order valence-electron chi connectivity index (χ3n) is 3.48. The van der Waals surface area contributed by atoms with E-state index in [1.165, 1.54) is 24.3 Å². The molecular formula is C17H11N5O3. The lowest BCUT2D eigenvalue weighted by atomic mass is 10.1. The number of H-pyrrole nitrogens is 1. The van der Waals surface area contributed by atoms with Crippen LogP contribution in [0.2, 0.25) is 0 Å². The minimum atomic E-state index is -0.672. The molecule has 0 atom stereocenters. The number of benzene rings is 2. The summed E-state index contributed by atoms with van der Waals surface area (Å²) in [4.78, 5) is 36.0. The van der Waals surface area contributed by atoms with Gasteiger partial charge in [0.05, 0.1) is 17.0 Å². The summed E-state index contributed by atoms with van der Waals surface area (Å²) in [5.74, 6) is -1.22. The fourth-order valence-electron chi connectivity index (χ4n) is 2.23. The van der Waals surface area contributed by atoms with Gasteiger partial charge in [-0.15, -0.1) is 0 Å². The third kappa shape index (κ3) is 3.20. The zero-order valence-electron chi connectivity index (χ0n) is 12.7. The second-order valence-electron chi connectivity index (χ2n) is 5.04. The normalized spacial score (nSPS) is 10.0. The number of fused-ring (bicyclic) bond motifs is 1. The largest absolute Gasteiger partial charge is 0.290 e. The molecule has 2 amide bonds. The number of hydrogen-bond acceptors (Lipinski definition) is 5. The summed E-state index contributed by atoms with van der Waals surface area (Å²) in [6.07, 6.45) is 0. The minimum Gasteiger partial charge on any atom is -0.267 e. The Hall–Kier alpha value is -3.99. The second kappa shape index (κ2) is 6.64. The maximum atomic E-state index is 12.3. The van der Waals surface area contributed by atoms with Gasteiger partial charge in [0, 0.05) is 10.9 Å². The van der Waals surface area contributed by atoms with E-state index in [2.05, 4.69) is 21.0 Å². The van der Waals surface area contributed by atoms with E-state index in [9.17, 15) is 14.4 Å². The summed E-state index contributed by atoms with van der Waals surface area (Å²) in [5, 5.41) is 15.4. The SMILES string of the molecule is N#Cc1ccc(C(=O)NNC(=O)c2n[nH]c(=O)c3ccccc23)cc1. The zero-order valence-corrected chi connectivity index (χ0v) is 12.7. The van der Waals surface area contributed by atoms with E-state index in [0.717, 1.165) is 0 Å². The van der Waals surface area contributed by atoms with Gasteiger partial charge in [-0.1, -0.05) is 18.2 Å². The van der Waals surface area contributed by atoms with Gasteiger partial charge in [-0.05, 0) is 30.3 Å². The van der Waals surface area contributed by atoms with E-state index in [4.69, 9.17) is 5.26 Å². The summed E-state index contributed by atoms with van der Waals surface area (Å²) in [6.45, 7) is 0. The first-order valence-corrected chi connectivity index (χ1v) is 7.18. The van der Waals surface area contributed by atoms with Crippen molar-refractivity contribution in [3.8, 4) is 6.07 Å². The third-order valence-corrected chi connectivity index (χ3v) is 3.48. The molecule has 3 rings (SSSR count). The number of nitrogens with zero attached hydrogens (tertiary/aromatic N) is 2. The Morgan fingerprint density at radius 3 is 2.28 bits per heavy atom. The van der Waals surface area contributed by atoms with E-state index in [-0.39, 0.29) is 11.3 Å². The average Bonchev–Trinajstić information content (AvgIpc) is 2.66. The summed E-state index contributed by atoms with van der Waals surface area (Å²) < 4.78 is 0. The summed E-state index contributed by atoms with van der Waals surface area (Å²) in [7, 11) is 0. The van der Waals surface area contributed by atoms with Crippen LogP contribution in [-0.2, 0) is 0 Å². The van der Waals surface area contributed by atoms with Gasteiger partial charge in [-0.2, -0.15) is 10.4 Å². The van der Waals surface area contributed by atoms with Crippen LogP contribution in [0.1, 0.15) is 26.4 Å². The van der Waals surface area contributed by atoms with Gasteiger partial charge in [0.2, 0.25) is 0 Å². The Bertz CT molecular complexity index is 1060. The van der Waals surface area contributed by atoms with Gasteiger partial charge < -0.3 is 0 Å². The number of nitriles is 1. The lowest BCUT2D eigenvalue weighted by Crippen LogP contribution is -2.42. The summed E-state index contributed by atoms with van der Waals surface area (Å²) in [5.41, 5.74) is 4.78. The lowest BCUT2D eigenvalue weighted by Gasteiger charge is -2.08. The Labute approximate surface area is 141 Å². The molecule has 3 N–H and O–H groups in total. The first-order chi connectivity index (χ1) is 12.1. The Kier molecular flexibility index (Phi) is 4.22. The fraction of sp³-hybridized carbons (Fsp3) is 0. The molecule has 8 heteroatoms. The van der Waals surface area contributed by atoms with Gasteiger partial charge in [0.1, 0.15) is 0 Å². The molecule has 0 fully saturated rings. The molecule has 0 unspecified atom stereocenters. The van der Waals surface area contributed by atoms with E-state index < -0.39 is 17.4 Å². The molecule has 0 saturated heterocycles. The summed E-state index contributed by atoms with van der Waals surface area (Å²) in [6, 6.07) is 14.4. The van der Waals surface area contributed by atoms with Gasteiger partial charge in [0.15, 0.2) is 5.69 Å². The molecule has 0 bridgehead atoms. The average molecular weight is 333 g/mol. The van der Waals surface area contributed by atoms with Crippen LogP contribution in [-0.4, -0.2) is 22.0 Å². The van der Waals surface area contributed by atoms with Crippen molar-refractivity contribution in [2.75, 3.05) is 0 Å². The number of aromatic amines is 1. The van der Waals surface area contributed by atoms with Crippen LogP contribution < -0.4 is 16.4 Å². The molecule has 0 radical (unpaired) electrons. The second-order valence-corrected chi connectivity index (χ2v) is 5.04. The van der Waals surface area contributed by atoms with Gasteiger partial charge in [-0.3, -0.25) is 25.2 Å². The fourth-order valence-corrected chi connectivity index (χ4v) is 2.23. The Morgan fingerprint density at radius 1 is 0.960 bits per heavy atom. The Balaban J connectivity index is 1.77. The number of nitrogens with one attached hydrogen (secondary N) is 3. The van der Waals surface area contributed by atoms with Gasteiger partial charge in [-0.25, -0.2) is 5.10 Å². The highest BCUT2D eigenvalue weighted by atomic mass is 16.2. The number of rotatable bonds is 2. The predicted molar refractivity (Wildman–Crippen MR) is 88.5 cm³/mol. The van der Waals surface area contributed by atoms with Crippen molar-refractivity contribution in [2.24, 2.45) is 0 Å². The molecule has 25 heavy (non-hydrogen) atoms. The molecular weight excluding hydrogens is 322 g/mol. The molecule has 0 spiro atoms. The van der Waals surface area contributed by atoms with Crippen molar-refractivity contribution in [3.63, 3.8) is 0 Å². The maximum absolute atomic E-state index is 12.3. The van der Waals surface area contributed by atoms with Crippen molar-refractivity contribution >= 4 is 22.6 Å². The molecule has 1 heterocycles. The number of amides is 2. The highest BCUT2D eigenvalue weighted by Crippen LogP contribution is 2.11. The standard InChI is InChI=1S/C17H11N5O3/c18-9-10-5-7-11(8-6-10)15(23)20-22-17(25)14-12-3-1-2-4-13(12)16(24)21-19-14/h1-8H,(H,20,23)(H,21,24)(H,22,25). The highest BCUT2D eigenvalue weighted by Gasteiger charge is 2.15. The van der Waals surface area contributed by atoms with Crippen LogP contribution in [0.5, 0.6) is 0 Å². The van der Waals surface area contributed by atoms with Crippen LogP contribution in [0.25, 0.3) is 10.8 Å². The van der Waals surface area contributed by atoms with E-state index in [1.807, 2.05) is 6.07 Å². The number of carbonyl (C=O) groups is 2. The van der Waals surface area contributed by atoms with E-state index in [0.29, 0.717) is 16.3 Å². The van der Waals surface area contributed by atoms with Crippen LogP contribution in [0.15, 0.2) is 53.3 Å². The molecule has 3 aromatic rings. The van der Waals surface area contributed by atoms with Crippen molar-refractivity contribution in [1.29, 1.82) is 5.26 Å². The molecule has 8 nitrogen and oxygen atoms in total. The van der Waals surface area contributed by atoms with Crippen LogP contribution in [0, 0.1) is 11.3 Å². The van der Waals surface area contributed by atoms with Crippen LogP contribution in [0.3, 0.4) is 0 Å². The minimum absolute atomic E-state index is 0.0182. The topological polar surface area (TPSA) is 128 Å². The first-order valence-electron chi connectivity index (χ1n) is 7.18. The Morgan fingerprint density at radius 2 is 1.60 bits per heavy atom. The molecule has 1 aromatic heterocycles. The van der Waals surface area contributed by atoms with Gasteiger partial charge >= 0.3 is 0 Å². The molecule has 0 aliphatic heterocycles. The smallest absolute Gasteiger partial charge is 0.267 e. The van der Waals surface area contributed by atoms with Crippen molar-refractivity contribution in [1.82, 2.24) is 21.0 Å². The first kappa shape index (κ1) is 15.9. The maximum Gasteiger partial charge on any atom is 0.290 e. The highest BCUT2D eigenvalue weighted by molar-refractivity contribution is 6.05. The van der Waals surface area contributed by atoms with Crippen LogP contribution in [0.4, 0.5) is 0 Å². The van der Waals surface area contributed by atoms with E-state index >= 15 is 0 Å². The predicted octanol–water partition coefficient (Wildman–Crippen LogP) is 0.870. The van der Waals surface area contributed by atoms with E-state index in [1.54, 1.807) is 24.3 Å². The van der Waals surface area contributed by atoms with Crippen molar-refractivity contribution < 1.29 is 9.59 Å². The molecule has 0 saturated carbocycles. The number of aromatic nitrogens is 2.